The van der Waals surface area contributed by atoms with Gasteiger partial charge in [0.1, 0.15) is 0 Å². The van der Waals surface area contributed by atoms with E-state index in [1.807, 2.05) is 0 Å². The Morgan fingerprint density at radius 2 is 2.14 bits per heavy atom. The van der Waals surface area contributed by atoms with Crippen molar-refractivity contribution in [3.8, 4) is 0 Å². The minimum absolute atomic E-state index is 0.252. The van der Waals surface area contributed by atoms with Crippen molar-refractivity contribution in [1.29, 1.82) is 0 Å². The first-order valence-electron chi connectivity index (χ1n) is 9.08. The quantitative estimate of drug-likeness (QED) is 0.658. The highest BCUT2D eigenvalue weighted by Gasteiger charge is 2.30. The molecule has 1 heterocycles. The zero-order chi connectivity index (χ0) is 20.9. The Balaban J connectivity index is 1.99. The third-order valence-electron chi connectivity index (χ3n) is 4.74. The number of nitrogens with zero attached hydrogens (tertiary/aromatic N) is 1. The fourth-order valence-electron chi connectivity index (χ4n) is 3.13. The van der Waals surface area contributed by atoms with Crippen LogP contribution in [0.25, 0.3) is 4.91 Å². The second-order valence-corrected chi connectivity index (χ2v) is 8.04. The molecule has 0 aliphatic carbocycles. The number of thioether (sulfide) groups is 1. The van der Waals surface area contributed by atoms with Gasteiger partial charge >= 0.3 is 6.18 Å². The normalized spacial score (nSPS) is 18.7. The van der Waals surface area contributed by atoms with Gasteiger partial charge < -0.3 is 16.0 Å². The molecule has 3 N–H and O–H groups in total. The standard InChI is InChI=1S/C20H26F3N3OS/c1-13(24)18(19(27)25-10-9-17-8-5-11-26(17)3)28-14(2)15-6-4-7-16(12-15)20(21,22)23/h4,6-7,12,17H,2,5,8-11,24H2,1,3H3,(H,25,27)/b18-13-. The molecule has 154 valence electrons. The zero-order valence-electron chi connectivity index (χ0n) is 16.1. The highest BCUT2D eigenvalue weighted by atomic mass is 32.2. The summed E-state index contributed by atoms with van der Waals surface area (Å²) < 4.78 is 38.7. The van der Waals surface area contributed by atoms with Crippen LogP contribution in [-0.2, 0) is 11.0 Å². The van der Waals surface area contributed by atoms with E-state index in [1.165, 1.54) is 12.1 Å². The topological polar surface area (TPSA) is 58.4 Å². The third-order valence-corrected chi connectivity index (χ3v) is 5.93. The van der Waals surface area contributed by atoms with E-state index in [2.05, 4.69) is 23.8 Å². The van der Waals surface area contributed by atoms with Gasteiger partial charge in [-0.2, -0.15) is 13.2 Å². The van der Waals surface area contributed by atoms with E-state index in [1.54, 1.807) is 6.92 Å². The first-order chi connectivity index (χ1) is 13.1. The monoisotopic (exact) mass is 413 g/mol. The third kappa shape index (κ3) is 6.04. The Morgan fingerprint density at radius 3 is 2.71 bits per heavy atom. The lowest BCUT2D eigenvalue weighted by atomic mass is 10.1. The number of hydrogen-bond donors (Lipinski definition) is 2. The summed E-state index contributed by atoms with van der Waals surface area (Å²) in [5.74, 6) is -0.334. The number of alkyl halides is 3. The van der Waals surface area contributed by atoms with Gasteiger partial charge in [-0.3, -0.25) is 4.79 Å². The Morgan fingerprint density at radius 1 is 1.43 bits per heavy atom. The molecule has 1 unspecified atom stereocenters. The molecule has 1 fully saturated rings. The van der Waals surface area contributed by atoms with Gasteiger partial charge in [-0.15, -0.1) is 0 Å². The number of amides is 1. The van der Waals surface area contributed by atoms with Gasteiger partial charge in [0.25, 0.3) is 5.91 Å². The first-order valence-corrected chi connectivity index (χ1v) is 9.90. The Hall–Kier alpha value is -1.93. The van der Waals surface area contributed by atoms with Crippen LogP contribution in [0.4, 0.5) is 13.2 Å². The maximum absolute atomic E-state index is 12.9. The molecule has 1 atom stereocenters. The summed E-state index contributed by atoms with van der Waals surface area (Å²) in [6.45, 7) is 7.00. The van der Waals surface area contributed by atoms with E-state index in [4.69, 9.17) is 5.73 Å². The molecule has 2 rings (SSSR count). The summed E-state index contributed by atoms with van der Waals surface area (Å²) in [7, 11) is 2.07. The number of rotatable bonds is 7. The average molecular weight is 414 g/mol. The molecule has 1 aromatic rings. The predicted molar refractivity (Wildman–Crippen MR) is 108 cm³/mol. The van der Waals surface area contributed by atoms with Crippen LogP contribution in [0, 0.1) is 0 Å². The second kappa shape index (κ2) is 9.52. The van der Waals surface area contributed by atoms with E-state index in [0.717, 1.165) is 49.7 Å². The molecule has 4 nitrogen and oxygen atoms in total. The van der Waals surface area contributed by atoms with Crippen LogP contribution in [0.1, 0.15) is 37.3 Å². The van der Waals surface area contributed by atoms with Gasteiger partial charge in [-0.1, -0.05) is 30.5 Å². The maximum Gasteiger partial charge on any atom is 0.416 e. The predicted octanol–water partition coefficient (Wildman–Crippen LogP) is 4.20. The van der Waals surface area contributed by atoms with E-state index in [9.17, 15) is 18.0 Å². The SMILES string of the molecule is C=C(S/C(C(=O)NCCC1CCCN1C)=C(/C)N)c1cccc(C(F)(F)F)c1. The smallest absolute Gasteiger partial charge is 0.401 e. The van der Waals surface area contributed by atoms with Crippen molar-refractivity contribution in [2.75, 3.05) is 20.1 Å². The summed E-state index contributed by atoms with van der Waals surface area (Å²) in [4.78, 5) is 15.4. The molecular weight excluding hydrogens is 387 g/mol. The lowest BCUT2D eigenvalue weighted by Gasteiger charge is -2.19. The molecule has 0 saturated carbocycles. The minimum atomic E-state index is -4.44. The molecule has 0 aromatic heterocycles. The number of carbonyl (C=O) groups excluding carboxylic acids is 1. The van der Waals surface area contributed by atoms with Crippen molar-refractivity contribution >= 4 is 22.6 Å². The molecular formula is C20H26F3N3OS. The highest BCUT2D eigenvalue weighted by Crippen LogP contribution is 2.36. The number of halogens is 3. The highest BCUT2D eigenvalue weighted by molar-refractivity contribution is 8.12. The van der Waals surface area contributed by atoms with Gasteiger partial charge in [0.05, 0.1) is 10.5 Å². The van der Waals surface area contributed by atoms with Crippen molar-refractivity contribution in [2.24, 2.45) is 5.73 Å². The first kappa shape index (κ1) is 22.4. The van der Waals surface area contributed by atoms with Crippen molar-refractivity contribution in [1.82, 2.24) is 10.2 Å². The molecule has 1 amide bonds. The number of carbonyl (C=O) groups is 1. The number of nitrogens with one attached hydrogen (secondary N) is 1. The Labute approximate surface area is 168 Å². The van der Waals surface area contributed by atoms with Crippen molar-refractivity contribution in [3.05, 3.63) is 52.6 Å². The van der Waals surface area contributed by atoms with Crippen molar-refractivity contribution in [3.63, 3.8) is 0 Å². The van der Waals surface area contributed by atoms with Gasteiger partial charge in [-0.05, 0) is 57.5 Å². The molecule has 1 saturated heterocycles. The van der Waals surface area contributed by atoms with Crippen LogP contribution in [-0.4, -0.2) is 37.0 Å². The molecule has 28 heavy (non-hydrogen) atoms. The van der Waals surface area contributed by atoms with Crippen LogP contribution in [0.3, 0.4) is 0 Å². The second-order valence-electron chi connectivity index (χ2n) is 6.94. The zero-order valence-corrected chi connectivity index (χ0v) is 16.9. The maximum atomic E-state index is 12.9. The van der Waals surface area contributed by atoms with Crippen LogP contribution < -0.4 is 11.1 Å². The largest absolute Gasteiger partial charge is 0.416 e. The Kier molecular flexibility index (Phi) is 7.60. The summed E-state index contributed by atoms with van der Waals surface area (Å²) in [5.41, 5.74) is 5.69. The van der Waals surface area contributed by atoms with E-state index in [-0.39, 0.29) is 10.8 Å². The number of nitrogens with two attached hydrogens (primary N) is 1. The summed E-state index contributed by atoms with van der Waals surface area (Å²) in [5, 5.41) is 2.86. The molecule has 1 aromatic carbocycles. The number of hydrogen-bond acceptors (Lipinski definition) is 4. The lowest BCUT2D eigenvalue weighted by molar-refractivity contribution is -0.137. The van der Waals surface area contributed by atoms with Crippen LogP contribution in [0.15, 0.2) is 41.4 Å². The minimum Gasteiger partial charge on any atom is -0.401 e. The van der Waals surface area contributed by atoms with E-state index >= 15 is 0 Å². The molecule has 0 spiro atoms. The lowest BCUT2D eigenvalue weighted by Crippen LogP contribution is -2.32. The van der Waals surface area contributed by atoms with Gasteiger partial charge in [0, 0.05) is 23.2 Å². The fraction of sp³-hybridized carbons (Fsp3) is 0.450. The molecule has 8 heteroatoms. The molecule has 0 radical (unpaired) electrons. The molecule has 1 aliphatic heterocycles. The summed E-state index contributed by atoms with van der Waals surface area (Å²) in [6.07, 6.45) is -1.31. The van der Waals surface area contributed by atoms with E-state index in [0.29, 0.717) is 28.8 Å². The van der Waals surface area contributed by atoms with Crippen LogP contribution in [0.5, 0.6) is 0 Å². The van der Waals surface area contributed by atoms with Crippen molar-refractivity contribution < 1.29 is 18.0 Å². The fourth-order valence-corrected chi connectivity index (χ4v) is 3.95. The summed E-state index contributed by atoms with van der Waals surface area (Å²) in [6, 6.07) is 5.33. The average Bonchev–Trinajstić information content (AvgIpc) is 3.03. The Bertz CT molecular complexity index is 757. The number of benzene rings is 1. The van der Waals surface area contributed by atoms with Gasteiger partial charge in [-0.25, -0.2) is 0 Å². The van der Waals surface area contributed by atoms with E-state index < -0.39 is 11.7 Å². The molecule has 1 aliphatic rings. The number of likely N-dealkylation sites (tertiary alicyclic amines) is 1. The molecule has 0 bridgehead atoms. The van der Waals surface area contributed by atoms with Gasteiger partial charge in [0.15, 0.2) is 0 Å². The van der Waals surface area contributed by atoms with Crippen LogP contribution in [0.2, 0.25) is 0 Å². The number of allylic oxidation sites excluding steroid dienone is 1. The van der Waals surface area contributed by atoms with Crippen LogP contribution >= 0.6 is 11.8 Å². The summed E-state index contributed by atoms with van der Waals surface area (Å²) >= 11 is 0.987. The van der Waals surface area contributed by atoms with Crippen molar-refractivity contribution in [2.45, 2.75) is 38.4 Å². The van der Waals surface area contributed by atoms with Gasteiger partial charge in [0.2, 0.25) is 0 Å².